The minimum atomic E-state index is -0.408. The summed E-state index contributed by atoms with van der Waals surface area (Å²) in [6.45, 7) is 2.66. The molecule has 5 heteroatoms. The third-order valence-electron chi connectivity index (χ3n) is 3.48. The monoisotopic (exact) mass is 237 g/mol. The lowest BCUT2D eigenvalue weighted by Gasteiger charge is -2.40. The summed E-state index contributed by atoms with van der Waals surface area (Å²) in [7, 11) is 0. The quantitative estimate of drug-likeness (QED) is 0.722. The molecule has 1 saturated carbocycles. The van der Waals surface area contributed by atoms with Gasteiger partial charge < -0.3 is 20.7 Å². The lowest BCUT2D eigenvalue weighted by atomic mass is 9.77. The van der Waals surface area contributed by atoms with Gasteiger partial charge in [-0.15, -0.1) is 0 Å². The van der Waals surface area contributed by atoms with Crippen molar-refractivity contribution in [3.63, 3.8) is 0 Å². The molecule has 1 aromatic heterocycles. The average molecular weight is 237 g/mol. The fourth-order valence-corrected chi connectivity index (χ4v) is 2.22. The molecule has 1 amide bonds. The number of hydrogen-bond acceptors (Lipinski definition) is 3. The van der Waals surface area contributed by atoms with Crippen LogP contribution in [0.2, 0.25) is 0 Å². The summed E-state index contributed by atoms with van der Waals surface area (Å²) in [5.74, 6) is -0.155. The lowest BCUT2D eigenvalue weighted by Crippen LogP contribution is -2.56. The Morgan fingerprint density at radius 3 is 2.82 bits per heavy atom. The van der Waals surface area contributed by atoms with Crippen molar-refractivity contribution in [2.24, 2.45) is 0 Å². The summed E-state index contributed by atoms with van der Waals surface area (Å²) in [6.07, 6.45) is 4.49. The SMILES string of the molecule is CCn1cc(N)cc1C(=O)NC1(CO)CCC1. The van der Waals surface area contributed by atoms with E-state index in [-0.39, 0.29) is 12.5 Å². The summed E-state index contributed by atoms with van der Waals surface area (Å²) in [6, 6.07) is 1.67. The molecule has 0 saturated heterocycles. The van der Waals surface area contributed by atoms with Gasteiger partial charge in [0.15, 0.2) is 0 Å². The molecule has 0 bridgehead atoms. The molecule has 5 nitrogen and oxygen atoms in total. The molecule has 4 N–H and O–H groups in total. The van der Waals surface area contributed by atoms with Crippen LogP contribution in [0.4, 0.5) is 5.69 Å². The maximum Gasteiger partial charge on any atom is 0.268 e. The predicted molar refractivity (Wildman–Crippen MR) is 65.7 cm³/mol. The normalized spacial score (nSPS) is 17.5. The van der Waals surface area contributed by atoms with Crippen LogP contribution < -0.4 is 11.1 Å². The molecule has 0 spiro atoms. The van der Waals surface area contributed by atoms with Crippen LogP contribution in [0.1, 0.15) is 36.7 Å². The number of nitrogens with zero attached hydrogens (tertiary/aromatic N) is 1. The van der Waals surface area contributed by atoms with Crippen molar-refractivity contribution in [1.82, 2.24) is 9.88 Å². The Labute approximate surface area is 101 Å². The first kappa shape index (κ1) is 12.0. The van der Waals surface area contributed by atoms with E-state index >= 15 is 0 Å². The maximum absolute atomic E-state index is 12.1. The summed E-state index contributed by atoms with van der Waals surface area (Å²) in [5, 5.41) is 12.2. The highest BCUT2D eigenvalue weighted by molar-refractivity contribution is 5.94. The Morgan fingerprint density at radius 1 is 1.65 bits per heavy atom. The highest BCUT2D eigenvalue weighted by Gasteiger charge is 2.38. The molecule has 17 heavy (non-hydrogen) atoms. The molecule has 1 aliphatic rings. The molecule has 0 aromatic carbocycles. The van der Waals surface area contributed by atoms with Gasteiger partial charge in [-0.1, -0.05) is 0 Å². The molecule has 1 aliphatic carbocycles. The van der Waals surface area contributed by atoms with Crippen LogP contribution in [0.5, 0.6) is 0 Å². The second kappa shape index (κ2) is 4.41. The standard InChI is InChI=1S/C12H19N3O2/c1-2-15-7-9(13)6-10(15)11(17)14-12(8-16)4-3-5-12/h6-7,16H,2-5,8,13H2,1H3,(H,14,17). The highest BCUT2D eigenvalue weighted by Crippen LogP contribution is 2.31. The van der Waals surface area contributed by atoms with Gasteiger partial charge >= 0.3 is 0 Å². The smallest absolute Gasteiger partial charge is 0.268 e. The predicted octanol–water partition coefficient (Wildman–Crippen LogP) is 0.735. The van der Waals surface area contributed by atoms with Crippen molar-refractivity contribution in [3.8, 4) is 0 Å². The number of rotatable bonds is 4. The number of anilines is 1. The number of aliphatic hydroxyl groups excluding tert-OH is 1. The fraction of sp³-hybridized carbons (Fsp3) is 0.583. The third kappa shape index (κ3) is 2.15. The van der Waals surface area contributed by atoms with Gasteiger partial charge in [-0.05, 0) is 32.3 Å². The third-order valence-corrected chi connectivity index (χ3v) is 3.48. The summed E-state index contributed by atoms with van der Waals surface area (Å²) in [5.41, 5.74) is 6.42. The Hall–Kier alpha value is -1.49. The van der Waals surface area contributed by atoms with Crippen molar-refractivity contribution in [1.29, 1.82) is 0 Å². The molecule has 1 heterocycles. The first-order valence-corrected chi connectivity index (χ1v) is 5.99. The number of nitrogens with one attached hydrogen (secondary N) is 1. The van der Waals surface area contributed by atoms with Gasteiger partial charge in [0.05, 0.1) is 17.8 Å². The van der Waals surface area contributed by atoms with E-state index in [9.17, 15) is 9.90 Å². The molecule has 0 atom stereocenters. The number of carbonyl (C=O) groups excluding carboxylic acids is 1. The van der Waals surface area contributed by atoms with Crippen LogP contribution in [0.25, 0.3) is 0 Å². The zero-order valence-corrected chi connectivity index (χ0v) is 10.1. The fourth-order valence-electron chi connectivity index (χ4n) is 2.22. The molecule has 2 rings (SSSR count). The van der Waals surface area contributed by atoms with Gasteiger partial charge in [-0.25, -0.2) is 0 Å². The molecule has 1 aromatic rings. The highest BCUT2D eigenvalue weighted by atomic mass is 16.3. The van der Waals surface area contributed by atoms with Gasteiger partial charge in [0.25, 0.3) is 5.91 Å². The van der Waals surface area contributed by atoms with E-state index in [4.69, 9.17) is 5.73 Å². The van der Waals surface area contributed by atoms with Crippen LogP contribution in [-0.2, 0) is 6.54 Å². The Bertz CT molecular complexity index is 416. The van der Waals surface area contributed by atoms with E-state index in [2.05, 4.69) is 5.32 Å². The van der Waals surface area contributed by atoms with Gasteiger partial charge in [0.1, 0.15) is 5.69 Å². The van der Waals surface area contributed by atoms with E-state index in [1.807, 2.05) is 11.5 Å². The van der Waals surface area contributed by atoms with E-state index < -0.39 is 5.54 Å². The van der Waals surface area contributed by atoms with Crippen LogP contribution in [-0.4, -0.2) is 27.7 Å². The topological polar surface area (TPSA) is 80.3 Å². The lowest BCUT2D eigenvalue weighted by molar-refractivity contribution is 0.0634. The molecule has 94 valence electrons. The molecule has 0 aliphatic heterocycles. The van der Waals surface area contributed by atoms with Crippen LogP contribution in [0.3, 0.4) is 0 Å². The minimum absolute atomic E-state index is 0.00105. The molecule has 1 fully saturated rings. The van der Waals surface area contributed by atoms with Gasteiger partial charge in [-0.3, -0.25) is 4.79 Å². The number of aromatic nitrogens is 1. The number of aliphatic hydroxyl groups is 1. The van der Waals surface area contributed by atoms with Crippen molar-refractivity contribution in [3.05, 3.63) is 18.0 Å². The second-order valence-electron chi connectivity index (χ2n) is 4.69. The molecular formula is C12H19N3O2. The number of aryl methyl sites for hydroxylation is 1. The van der Waals surface area contributed by atoms with Gasteiger partial charge in [-0.2, -0.15) is 0 Å². The first-order valence-electron chi connectivity index (χ1n) is 5.99. The van der Waals surface area contributed by atoms with E-state index in [0.29, 0.717) is 17.9 Å². The first-order chi connectivity index (χ1) is 8.10. The van der Waals surface area contributed by atoms with Crippen LogP contribution in [0.15, 0.2) is 12.3 Å². The second-order valence-corrected chi connectivity index (χ2v) is 4.69. The Balaban J connectivity index is 2.14. The van der Waals surface area contributed by atoms with Gasteiger partial charge in [0, 0.05) is 12.7 Å². The largest absolute Gasteiger partial charge is 0.397 e. The van der Waals surface area contributed by atoms with Gasteiger partial charge in [0.2, 0.25) is 0 Å². The maximum atomic E-state index is 12.1. The number of carbonyl (C=O) groups is 1. The molecular weight excluding hydrogens is 218 g/mol. The number of hydrogen-bond donors (Lipinski definition) is 3. The summed E-state index contributed by atoms with van der Waals surface area (Å²) < 4.78 is 1.81. The summed E-state index contributed by atoms with van der Waals surface area (Å²) >= 11 is 0. The summed E-state index contributed by atoms with van der Waals surface area (Å²) in [4.78, 5) is 12.1. The van der Waals surface area contributed by atoms with E-state index in [1.165, 1.54) is 0 Å². The zero-order chi connectivity index (χ0) is 12.5. The Kier molecular flexibility index (Phi) is 3.11. The van der Waals surface area contributed by atoms with Crippen molar-refractivity contribution < 1.29 is 9.90 Å². The number of nitrogen functional groups attached to an aromatic ring is 1. The van der Waals surface area contributed by atoms with Crippen LogP contribution >= 0.6 is 0 Å². The molecule has 0 radical (unpaired) electrons. The van der Waals surface area contributed by atoms with E-state index in [1.54, 1.807) is 12.3 Å². The minimum Gasteiger partial charge on any atom is -0.397 e. The zero-order valence-electron chi connectivity index (χ0n) is 10.1. The number of nitrogens with two attached hydrogens (primary N) is 1. The van der Waals surface area contributed by atoms with Crippen molar-refractivity contribution in [2.75, 3.05) is 12.3 Å². The van der Waals surface area contributed by atoms with Crippen molar-refractivity contribution >= 4 is 11.6 Å². The Morgan fingerprint density at radius 2 is 2.35 bits per heavy atom. The number of amides is 1. The van der Waals surface area contributed by atoms with E-state index in [0.717, 1.165) is 19.3 Å². The average Bonchev–Trinajstić information content (AvgIpc) is 2.65. The molecule has 0 unspecified atom stereocenters. The van der Waals surface area contributed by atoms with Crippen LogP contribution in [0, 0.1) is 0 Å². The van der Waals surface area contributed by atoms with Crippen molar-refractivity contribution in [2.45, 2.75) is 38.3 Å².